The first-order valence-corrected chi connectivity index (χ1v) is 3.18. The average molecular weight is 174 g/mol. The lowest BCUT2D eigenvalue weighted by molar-refractivity contribution is 0.152. The predicted octanol–water partition coefficient (Wildman–Crippen LogP) is 1.49. The number of phenols is 1. The van der Waals surface area contributed by atoms with Crippen LogP contribution in [0.4, 0.5) is 20.2 Å². The Balaban J connectivity index is 3.28. The van der Waals surface area contributed by atoms with E-state index in [9.17, 15) is 8.78 Å². The standard InChI is InChI=1S/C7H8F2N2O/c8-7(9)4-1-3(12)2-5(10)6(4)11/h1-2,7,12H,10-11H2. The Morgan fingerprint density at radius 3 is 2.33 bits per heavy atom. The van der Waals surface area contributed by atoms with Gasteiger partial charge in [-0.15, -0.1) is 0 Å². The van der Waals surface area contributed by atoms with E-state index in [1.165, 1.54) is 0 Å². The summed E-state index contributed by atoms with van der Waals surface area (Å²) in [4.78, 5) is 0. The minimum absolute atomic E-state index is 0.0368. The monoisotopic (exact) mass is 174 g/mol. The van der Waals surface area contributed by atoms with Crippen molar-refractivity contribution in [3.05, 3.63) is 17.7 Å². The highest BCUT2D eigenvalue weighted by molar-refractivity contribution is 5.69. The maximum atomic E-state index is 12.1. The summed E-state index contributed by atoms with van der Waals surface area (Å²) in [6.45, 7) is 0. The molecule has 0 amide bonds. The molecule has 3 nitrogen and oxygen atoms in total. The Morgan fingerprint density at radius 2 is 1.83 bits per heavy atom. The number of nitrogens with two attached hydrogens (primary N) is 2. The van der Waals surface area contributed by atoms with E-state index in [-0.39, 0.29) is 17.1 Å². The molecule has 0 unspecified atom stereocenters. The van der Waals surface area contributed by atoms with Crippen LogP contribution in [0.3, 0.4) is 0 Å². The SMILES string of the molecule is Nc1cc(O)cc(C(F)F)c1N. The zero-order valence-electron chi connectivity index (χ0n) is 6.09. The number of hydrogen-bond acceptors (Lipinski definition) is 3. The normalized spacial score (nSPS) is 10.6. The topological polar surface area (TPSA) is 72.3 Å². The number of benzene rings is 1. The summed E-state index contributed by atoms with van der Waals surface area (Å²) in [5.74, 6) is -0.308. The van der Waals surface area contributed by atoms with Gasteiger partial charge >= 0.3 is 0 Å². The van der Waals surface area contributed by atoms with Crippen molar-refractivity contribution < 1.29 is 13.9 Å². The highest BCUT2D eigenvalue weighted by atomic mass is 19.3. The zero-order valence-corrected chi connectivity index (χ0v) is 6.09. The van der Waals surface area contributed by atoms with Crippen LogP contribution in [-0.4, -0.2) is 5.11 Å². The lowest BCUT2D eigenvalue weighted by atomic mass is 10.1. The Morgan fingerprint density at radius 1 is 1.25 bits per heavy atom. The fourth-order valence-corrected chi connectivity index (χ4v) is 0.863. The van der Waals surface area contributed by atoms with Gasteiger partial charge in [-0.25, -0.2) is 8.78 Å². The second kappa shape index (κ2) is 2.84. The lowest BCUT2D eigenvalue weighted by Gasteiger charge is -2.07. The third kappa shape index (κ3) is 1.39. The number of halogens is 2. The van der Waals surface area contributed by atoms with Crippen molar-refractivity contribution in [3.8, 4) is 5.75 Å². The van der Waals surface area contributed by atoms with Gasteiger partial charge in [0, 0.05) is 11.6 Å². The first-order valence-electron chi connectivity index (χ1n) is 3.18. The third-order valence-electron chi connectivity index (χ3n) is 1.46. The molecule has 0 atom stereocenters. The molecule has 1 rings (SSSR count). The van der Waals surface area contributed by atoms with Crippen molar-refractivity contribution in [2.45, 2.75) is 6.43 Å². The van der Waals surface area contributed by atoms with Crippen LogP contribution >= 0.6 is 0 Å². The molecule has 0 radical (unpaired) electrons. The molecule has 0 spiro atoms. The highest BCUT2D eigenvalue weighted by Gasteiger charge is 2.14. The molecule has 0 fully saturated rings. The molecule has 0 aliphatic rings. The van der Waals surface area contributed by atoms with Gasteiger partial charge in [0.25, 0.3) is 6.43 Å². The highest BCUT2D eigenvalue weighted by Crippen LogP contribution is 2.32. The second-order valence-electron chi connectivity index (χ2n) is 2.34. The molecule has 0 aliphatic carbocycles. The summed E-state index contributed by atoms with van der Waals surface area (Å²) in [5, 5.41) is 8.90. The number of anilines is 2. The van der Waals surface area contributed by atoms with Gasteiger partial charge in [0.05, 0.1) is 11.4 Å². The molecule has 66 valence electrons. The van der Waals surface area contributed by atoms with Crippen LogP contribution in [-0.2, 0) is 0 Å². The Kier molecular flexibility index (Phi) is 2.03. The van der Waals surface area contributed by atoms with Crippen LogP contribution in [0.2, 0.25) is 0 Å². The minimum atomic E-state index is -2.72. The Labute approximate surface area is 67.6 Å². The molecule has 0 aromatic heterocycles. The molecule has 5 N–H and O–H groups in total. The van der Waals surface area contributed by atoms with Crippen LogP contribution in [0.5, 0.6) is 5.75 Å². The molecule has 0 saturated carbocycles. The molecule has 12 heavy (non-hydrogen) atoms. The summed E-state index contributed by atoms with van der Waals surface area (Å²) in [7, 11) is 0. The summed E-state index contributed by atoms with van der Waals surface area (Å²) < 4.78 is 24.3. The van der Waals surface area contributed by atoms with Crippen LogP contribution in [0.25, 0.3) is 0 Å². The summed E-state index contributed by atoms with van der Waals surface area (Å²) >= 11 is 0. The molecule has 5 heteroatoms. The number of aromatic hydroxyl groups is 1. The van der Waals surface area contributed by atoms with Gasteiger partial charge in [0.1, 0.15) is 5.75 Å². The predicted molar refractivity (Wildman–Crippen MR) is 41.9 cm³/mol. The Hall–Kier alpha value is -1.52. The quantitative estimate of drug-likeness (QED) is 0.446. The summed E-state index contributed by atoms with van der Waals surface area (Å²) in [6.07, 6.45) is -2.72. The van der Waals surface area contributed by atoms with Gasteiger partial charge in [0.2, 0.25) is 0 Å². The lowest BCUT2D eigenvalue weighted by Crippen LogP contribution is -1.99. The van der Waals surface area contributed by atoms with Crippen molar-refractivity contribution in [1.29, 1.82) is 0 Å². The van der Waals surface area contributed by atoms with E-state index in [1.807, 2.05) is 0 Å². The fourth-order valence-electron chi connectivity index (χ4n) is 0.863. The number of alkyl halides is 2. The average Bonchev–Trinajstić information content (AvgIpc) is 1.96. The number of phenolic OH excluding ortho intramolecular Hbond substituents is 1. The molecule has 1 aromatic rings. The molecule has 0 saturated heterocycles. The third-order valence-corrected chi connectivity index (χ3v) is 1.46. The van der Waals surface area contributed by atoms with Crippen molar-refractivity contribution in [3.63, 3.8) is 0 Å². The largest absolute Gasteiger partial charge is 0.508 e. The fraction of sp³-hybridized carbons (Fsp3) is 0.143. The summed E-state index contributed by atoms with van der Waals surface area (Å²) in [6, 6.07) is 2.03. The molecule has 0 aliphatic heterocycles. The van der Waals surface area contributed by atoms with E-state index in [0.717, 1.165) is 12.1 Å². The van der Waals surface area contributed by atoms with E-state index in [1.54, 1.807) is 0 Å². The first kappa shape index (κ1) is 8.58. The van der Waals surface area contributed by atoms with Crippen LogP contribution < -0.4 is 11.5 Å². The van der Waals surface area contributed by atoms with E-state index < -0.39 is 12.0 Å². The second-order valence-corrected chi connectivity index (χ2v) is 2.34. The molecule has 0 bridgehead atoms. The van der Waals surface area contributed by atoms with Gasteiger partial charge in [-0.1, -0.05) is 0 Å². The smallest absolute Gasteiger partial charge is 0.266 e. The van der Waals surface area contributed by atoms with Gasteiger partial charge < -0.3 is 16.6 Å². The minimum Gasteiger partial charge on any atom is -0.508 e. The van der Waals surface area contributed by atoms with Crippen molar-refractivity contribution in [2.24, 2.45) is 0 Å². The number of nitrogen functional groups attached to an aromatic ring is 2. The van der Waals surface area contributed by atoms with Crippen LogP contribution in [0, 0.1) is 0 Å². The van der Waals surface area contributed by atoms with Gasteiger partial charge in [-0.3, -0.25) is 0 Å². The summed E-state index contributed by atoms with van der Waals surface area (Å²) in [5.41, 5.74) is 9.83. The molecular weight excluding hydrogens is 166 g/mol. The van der Waals surface area contributed by atoms with Crippen molar-refractivity contribution in [2.75, 3.05) is 11.5 Å². The van der Waals surface area contributed by atoms with Gasteiger partial charge in [-0.05, 0) is 6.07 Å². The molecular formula is C7H8F2N2O. The van der Waals surface area contributed by atoms with E-state index >= 15 is 0 Å². The van der Waals surface area contributed by atoms with E-state index in [4.69, 9.17) is 16.6 Å². The van der Waals surface area contributed by atoms with Crippen molar-refractivity contribution >= 4 is 11.4 Å². The van der Waals surface area contributed by atoms with Crippen molar-refractivity contribution in [1.82, 2.24) is 0 Å². The van der Waals surface area contributed by atoms with E-state index in [2.05, 4.69) is 0 Å². The van der Waals surface area contributed by atoms with Gasteiger partial charge in [0.15, 0.2) is 0 Å². The van der Waals surface area contributed by atoms with Crippen LogP contribution in [0.1, 0.15) is 12.0 Å². The Bertz CT molecular complexity index is 302. The number of hydrogen-bond donors (Lipinski definition) is 3. The zero-order chi connectivity index (χ0) is 9.30. The van der Waals surface area contributed by atoms with E-state index in [0.29, 0.717) is 0 Å². The van der Waals surface area contributed by atoms with Crippen LogP contribution in [0.15, 0.2) is 12.1 Å². The first-order chi connectivity index (χ1) is 5.52. The molecule has 1 aromatic carbocycles. The maximum absolute atomic E-state index is 12.1. The molecule has 0 heterocycles. The maximum Gasteiger partial charge on any atom is 0.266 e. The van der Waals surface area contributed by atoms with Gasteiger partial charge in [-0.2, -0.15) is 0 Å². The number of rotatable bonds is 1.